The zero-order valence-electron chi connectivity index (χ0n) is 17.6. The molecule has 3 aromatic rings. The van der Waals surface area contributed by atoms with E-state index in [1.165, 1.54) is 43.3 Å². The van der Waals surface area contributed by atoms with Crippen LogP contribution in [0.2, 0.25) is 0 Å². The van der Waals surface area contributed by atoms with Gasteiger partial charge in [0.15, 0.2) is 5.78 Å². The number of hydrogen-bond donors (Lipinski definition) is 2. The number of ketones is 1. The molecule has 1 amide bonds. The Labute approximate surface area is 186 Å². The van der Waals surface area contributed by atoms with Crippen LogP contribution in [0.5, 0.6) is 0 Å². The van der Waals surface area contributed by atoms with Crippen molar-refractivity contribution in [1.29, 1.82) is 0 Å². The van der Waals surface area contributed by atoms with E-state index in [0.29, 0.717) is 22.3 Å². The van der Waals surface area contributed by atoms with Crippen LogP contribution >= 0.6 is 0 Å². The molecule has 32 heavy (non-hydrogen) atoms. The number of hydrogen-bond acceptors (Lipinski definition) is 4. The minimum Gasteiger partial charge on any atom is -0.346 e. The fourth-order valence-electron chi connectivity index (χ4n) is 3.04. The molecule has 166 valence electrons. The summed E-state index contributed by atoms with van der Waals surface area (Å²) in [4.78, 5) is 23.9. The number of rotatable bonds is 8. The largest absolute Gasteiger partial charge is 0.346 e. The van der Waals surface area contributed by atoms with Gasteiger partial charge in [-0.15, -0.1) is 0 Å². The maximum Gasteiger partial charge on any atom is 0.251 e. The van der Waals surface area contributed by atoms with Crippen molar-refractivity contribution in [3.63, 3.8) is 0 Å². The molecule has 0 fully saturated rings. The molecule has 3 aromatic carbocycles. The summed E-state index contributed by atoms with van der Waals surface area (Å²) >= 11 is 0. The summed E-state index contributed by atoms with van der Waals surface area (Å²) in [6.07, 6.45) is 0. The molecule has 0 aliphatic carbocycles. The molecule has 0 aliphatic heterocycles. The molecule has 0 aromatic heterocycles. The Morgan fingerprint density at radius 2 is 1.56 bits per heavy atom. The highest BCUT2D eigenvalue weighted by Gasteiger charge is 2.15. The molecule has 0 bridgehead atoms. The minimum atomic E-state index is -3.75. The lowest BCUT2D eigenvalue weighted by Gasteiger charge is -2.15. The molecular weight excluding hydrogens is 431 g/mol. The van der Waals surface area contributed by atoms with Gasteiger partial charge in [0, 0.05) is 17.7 Å². The molecule has 2 N–H and O–H groups in total. The van der Waals surface area contributed by atoms with Gasteiger partial charge in [-0.25, -0.2) is 17.5 Å². The molecule has 1 atom stereocenters. The van der Waals surface area contributed by atoms with Crippen molar-refractivity contribution in [1.82, 2.24) is 10.0 Å². The van der Waals surface area contributed by atoms with E-state index in [-0.39, 0.29) is 35.0 Å². The van der Waals surface area contributed by atoms with Crippen LogP contribution in [-0.4, -0.2) is 20.1 Å². The van der Waals surface area contributed by atoms with Crippen molar-refractivity contribution in [3.05, 3.63) is 101 Å². The van der Waals surface area contributed by atoms with Gasteiger partial charge in [-0.3, -0.25) is 9.59 Å². The number of carbonyl (C=O) groups excluding carboxylic acids is 2. The van der Waals surface area contributed by atoms with Crippen molar-refractivity contribution >= 4 is 21.7 Å². The Hall–Kier alpha value is -3.36. The molecule has 6 nitrogen and oxygen atoms in total. The molecular formula is C24H23FN2O4S. The summed E-state index contributed by atoms with van der Waals surface area (Å²) < 4.78 is 40.8. The van der Waals surface area contributed by atoms with Gasteiger partial charge >= 0.3 is 0 Å². The van der Waals surface area contributed by atoms with Crippen LogP contribution in [0.3, 0.4) is 0 Å². The third-order valence-corrected chi connectivity index (χ3v) is 6.37. The Morgan fingerprint density at radius 1 is 0.938 bits per heavy atom. The third-order valence-electron chi connectivity index (χ3n) is 4.95. The Balaban J connectivity index is 1.60. The Bertz CT molecular complexity index is 1220. The highest BCUT2D eigenvalue weighted by molar-refractivity contribution is 7.89. The van der Waals surface area contributed by atoms with Gasteiger partial charge in [0.25, 0.3) is 5.91 Å². The minimum absolute atomic E-state index is 0.0401. The average Bonchev–Trinajstić information content (AvgIpc) is 2.78. The van der Waals surface area contributed by atoms with E-state index in [1.54, 1.807) is 43.3 Å². The lowest BCUT2D eigenvalue weighted by Crippen LogP contribution is -2.27. The lowest BCUT2D eigenvalue weighted by atomic mass is 10.1. The van der Waals surface area contributed by atoms with Gasteiger partial charge in [-0.05, 0) is 61.4 Å². The predicted octanol–water partition coefficient (Wildman–Crippen LogP) is 4.00. The van der Waals surface area contributed by atoms with Gasteiger partial charge < -0.3 is 5.32 Å². The maximum atomic E-state index is 13.4. The number of benzene rings is 3. The summed E-state index contributed by atoms with van der Waals surface area (Å²) in [6.45, 7) is 3.21. The van der Waals surface area contributed by atoms with Crippen molar-refractivity contribution < 1.29 is 22.4 Å². The molecule has 0 spiro atoms. The summed E-state index contributed by atoms with van der Waals surface area (Å²) in [6, 6.07) is 17.9. The van der Waals surface area contributed by atoms with E-state index < -0.39 is 10.0 Å². The first-order chi connectivity index (χ1) is 15.2. The van der Waals surface area contributed by atoms with Crippen LogP contribution in [0.15, 0.2) is 77.7 Å². The number of Topliss-reactive ketones (excluding diaryl/α,β-unsaturated/α-hetero) is 1. The molecule has 3 rings (SSSR count). The lowest BCUT2D eigenvalue weighted by molar-refractivity contribution is 0.0939. The second-order valence-electron chi connectivity index (χ2n) is 7.35. The monoisotopic (exact) mass is 454 g/mol. The van der Waals surface area contributed by atoms with E-state index >= 15 is 0 Å². The zero-order chi connectivity index (χ0) is 23.3. The summed E-state index contributed by atoms with van der Waals surface area (Å²) in [7, 11) is -3.75. The summed E-state index contributed by atoms with van der Waals surface area (Å²) in [5.41, 5.74) is 2.16. The number of nitrogens with one attached hydrogen (secondary N) is 2. The molecule has 0 aliphatic rings. The Morgan fingerprint density at radius 3 is 2.16 bits per heavy atom. The second kappa shape index (κ2) is 9.84. The van der Waals surface area contributed by atoms with E-state index in [2.05, 4.69) is 10.0 Å². The normalized spacial score (nSPS) is 12.2. The van der Waals surface area contributed by atoms with E-state index in [9.17, 15) is 22.4 Å². The molecule has 0 heterocycles. The second-order valence-corrected chi connectivity index (χ2v) is 9.12. The van der Waals surface area contributed by atoms with Crippen LogP contribution in [-0.2, 0) is 16.6 Å². The first-order valence-electron chi connectivity index (χ1n) is 9.91. The number of carbonyl (C=O) groups is 2. The van der Waals surface area contributed by atoms with E-state index in [0.717, 1.165) is 0 Å². The number of amides is 1. The molecule has 0 saturated heterocycles. The number of halogens is 1. The third kappa shape index (κ3) is 5.87. The van der Waals surface area contributed by atoms with Gasteiger partial charge in [0.2, 0.25) is 10.0 Å². The van der Waals surface area contributed by atoms with Gasteiger partial charge in [0.05, 0.1) is 10.9 Å². The fourth-order valence-corrected chi connectivity index (χ4v) is 4.06. The van der Waals surface area contributed by atoms with Crippen LogP contribution in [0.25, 0.3) is 0 Å². The molecule has 0 saturated carbocycles. The molecule has 8 heteroatoms. The summed E-state index contributed by atoms with van der Waals surface area (Å²) in [5, 5.41) is 2.81. The highest BCUT2D eigenvalue weighted by atomic mass is 32.2. The maximum absolute atomic E-state index is 13.4. The van der Waals surface area contributed by atoms with Crippen molar-refractivity contribution in [2.24, 2.45) is 0 Å². The topological polar surface area (TPSA) is 92.3 Å². The standard InChI is InChI=1S/C24H23FN2O4S/c1-16(21-4-3-5-22(25)14-21)27-24(29)20-8-6-18(7-9-20)15-26-32(30,31)23-12-10-19(11-13-23)17(2)28/h3-14,16,26H,15H2,1-2H3,(H,27,29)/t16-/m1/s1. The van der Waals surface area contributed by atoms with Crippen LogP contribution in [0.4, 0.5) is 4.39 Å². The van der Waals surface area contributed by atoms with Crippen molar-refractivity contribution in [3.8, 4) is 0 Å². The summed E-state index contributed by atoms with van der Waals surface area (Å²) in [5.74, 6) is -0.832. The molecule has 0 radical (unpaired) electrons. The fraction of sp³-hybridized carbons (Fsp3) is 0.167. The average molecular weight is 455 g/mol. The SMILES string of the molecule is CC(=O)c1ccc(S(=O)(=O)NCc2ccc(C(=O)N[C@H](C)c3cccc(F)c3)cc2)cc1. The highest BCUT2D eigenvalue weighted by Crippen LogP contribution is 2.15. The quantitative estimate of drug-likeness (QED) is 0.503. The van der Waals surface area contributed by atoms with E-state index in [4.69, 9.17) is 0 Å². The van der Waals surface area contributed by atoms with Gasteiger partial charge in [-0.1, -0.05) is 36.4 Å². The van der Waals surface area contributed by atoms with Crippen LogP contribution in [0.1, 0.15) is 51.7 Å². The van der Waals surface area contributed by atoms with Gasteiger partial charge in [-0.2, -0.15) is 0 Å². The Kier molecular flexibility index (Phi) is 7.17. The smallest absolute Gasteiger partial charge is 0.251 e. The zero-order valence-corrected chi connectivity index (χ0v) is 18.4. The van der Waals surface area contributed by atoms with Crippen molar-refractivity contribution in [2.45, 2.75) is 31.3 Å². The van der Waals surface area contributed by atoms with Crippen LogP contribution in [0, 0.1) is 5.82 Å². The van der Waals surface area contributed by atoms with E-state index in [1.807, 2.05) is 0 Å². The van der Waals surface area contributed by atoms with Crippen LogP contribution < -0.4 is 10.0 Å². The predicted molar refractivity (Wildman–Crippen MR) is 119 cm³/mol. The number of sulfonamides is 1. The van der Waals surface area contributed by atoms with Gasteiger partial charge in [0.1, 0.15) is 5.82 Å². The van der Waals surface area contributed by atoms with Crippen molar-refractivity contribution in [2.75, 3.05) is 0 Å². The molecule has 0 unspecified atom stereocenters. The first kappa shape index (κ1) is 23.3. The first-order valence-corrected chi connectivity index (χ1v) is 11.4.